The molecule has 0 fully saturated rings. The molecule has 1 aliphatic heterocycles. The highest BCUT2D eigenvalue weighted by atomic mass is 32.2. The Morgan fingerprint density at radius 2 is 1.94 bits per heavy atom. The molecule has 0 atom stereocenters. The number of para-hydroxylation sites is 1. The molecule has 0 bridgehead atoms. The fourth-order valence-electron chi connectivity index (χ4n) is 4.01. The van der Waals surface area contributed by atoms with Crippen LogP contribution in [0.1, 0.15) is 29.8 Å². The lowest BCUT2D eigenvalue weighted by atomic mass is 9.83. The van der Waals surface area contributed by atoms with Crippen LogP contribution >= 0.6 is 11.8 Å². The number of aromatic nitrogens is 3. The van der Waals surface area contributed by atoms with E-state index in [0.717, 1.165) is 34.8 Å². The molecule has 0 radical (unpaired) electrons. The van der Waals surface area contributed by atoms with Gasteiger partial charge < -0.3 is 14.2 Å². The van der Waals surface area contributed by atoms with Crippen molar-refractivity contribution in [2.45, 2.75) is 29.3 Å². The van der Waals surface area contributed by atoms with Crippen LogP contribution in [0, 0.1) is 10.1 Å². The van der Waals surface area contributed by atoms with Gasteiger partial charge in [-0.25, -0.2) is 4.79 Å². The maximum Gasteiger partial charge on any atom is 0.338 e. The number of allylic oxidation sites excluding steroid dienone is 1. The number of carbonyl (C=O) groups excluding carboxylic acids is 2. The van der Waals surface area contributed by atoms with E-state index >= 15 is 0 Å². The molecule has 4 rings (SSSR count). The molecule has 35 heavy (non-hydrogen) atoms. The van der Waals surface area contributed by atoms with Gasteiger partial charge in [0, 0.05) is 43.0 Å². The fraction of sp³-hybridized carbons (Fsp3) is 0.250. The van der Waals surface area contributed by atoms with Crippen molar-refractivity contribution in [2.75, 3.05) is 18.6 Å². The molecule has 0 spiro atoms. The molecule has 3 aromatic rings. The number of carbonyl (C=O) groups is 2. The van der Waals surface area contributed by atoms with Crippen molar-refractivity contribution in [1.82, 2.24) is 14.8 Å². The highest BCUT2D eigenvalue weighted by Gasteiger charge is 2.38. The van der Waals surface area contributed by atoms with Gasteiger partial charge in [-0.3, -0.25) is 14.9 Å². The Kier molecular flexibility index (Phi) is 6.44. The Morgan fingerprint density at radius 1 is 1.20 bits per heavy atom. The summed E-state index contributed by atoms with van der Waals surface area (Å²) in [4.78, 5) is 38.5. The number of esters is 1. The van der Waals surface area contributed by atoms with Crippen molar-refractivity contribution < 1.29 is 19.2 Å². The zero-order valence-electron chi connectivity index (χ0n) is 19.6. The van der Waals surface area contributed by atoms with E-state index in [1.165, 1.54) is 24.5 Å². The first-order chi connectivity index (χ1) is 16.6. The number of rotatable bonds is 7. The average Bonchev–Trinajstić information content (AvgIpc) is 3.31. The zero-order chi connectivity index (χ0) is 25.3. The summed E-state index contributed by atoms with van der Waals surface area (Å²) >= 11 is 1.06. The number of anilines is 1. The molecular formula is C24H23N5O5S. The predicted octanol–water partition coefficient (Wildman–Crippen LogP) is 3.91. The van der Waals surface area contributed by atoms with E-state index < -0.39 is 17.5 Å². The summed E-state index contributed by atoms with van der Waals surface area (Å²) in [5.41, 5.74) is 2.23. The summed E-state index contributed by atoms with van der Waals surface area (Å²) in [7, 11) is 3.60. The number of ketones is 1. The van der Waals surface area contributed by atoms with E-state index in [4.69, 9.17) is 4.74 Å². The van der Waals surface area contributed by atoms with E-state index in [2.05, 4.69) is 10.2 Å². The average molecular weight is 494 g/mol. The lowest BCUT2D eigenvalue weighted by Crippen LogP contribution is -2.25. The molecule has 2 heterocycles. The Labute approximate surface area is 205 Å². The summed E-state index contributed by atoms with van der Waals surface area (Å²) in [6.45, 7) is 3.58. The van der Waals surface area contributed by atoms with Gasteiger partial charge >= 0.3 is 5.97 Å². The number of fused-ring (bicyclic) bond motifs is 1. The number of hydrogen-bond donors (Lipinski definition) is 0. The van der Waals surface area contributed by atoms with Crippen LogP contribution in [-0.2, 0) is 22.0 Å². The Hall–Kier alpha value is -3.99. The first kappa shape index (κ1) is 24.1. The summed E-state index contributed by atoms with van der Waals surface area (Å²) < 4.78 is 6.80. The van der Waals surface area contributed by atoms with Crippen molar-refractivity contribution >= 4 is 34.9 Å². The van der Waals surface area contributed by atoms with Crippen LogP contribution in [-0.4, -0.2) is 45.1 Å². The quantitative estimate of drug-likeness (QED) is 0.209. The molecule has 0 saturated heterocycles. The lowest BCUT2D eigenvalue weighted by Gasteiger charge is -2.23. The normalized spacial score (nSPS) is 15.2. The van der Waals surface area contributed by atoms with Crippen molar-refractivity contribution in [2.24, 2.45) is 7.05 Å². The van der Waals surface area contributed by atoms with E-state index in [1.54, 1.807) is 11.6 Å². The van der Waals surface area contributed by atoms with Gasteiger partial charge in [0.15, 0.2) is 17.5 Å². The number of nitro groups is 1. The first-order valence-electron chi connectivity index (χ1n) is 10.6. The SMILES string of the molecule is CN1C(=CC(=O)COC(=O)c2ccc(Sc3nncn3C)c([N+](=O)[O-])c2)C(C)(C)c2ccccc21. The minimum atomic E-state index is -0.822. The van der Waals surface area contributed by atoms with Gasteiger partial charge in [0.1, 0.15) is 6.33 Å². The van der Waals surface area contributed by atoms with Crippen LogP contribution in [0.15, 0.2) is 70.6 Å². The molecule has 0 unspecified atom stereocenters. The number of benzene rings is 2. The molecule has 0 amide bonds. The molecule has 2 aromatic carbocycles. The molecule has 11 heteroatoms. The first-order valence-corrected chi connectivity index (χ1v) is 11.5. The van der Waals surface area contributed by atoms with Gasteiger partial charge in [-0.2, -0.15) is 0 Å². The van der Waals surface area contributed by atoms with Gasteiger partial charge in [0.25, 0.3) is 5.69 Å². The van der Waals surface area contributed by atoms with Crippen molar-refractivity contribution in [1.29, 1.82) is 0 Å². The minimum absolute atomic E-state index is 0.0230. The van der Waals surface area contributed by atoms with Crippen LogP contribution in [0.5, 0.6) is 0 Å². The second kappa shape index (κ2) is 9.34. The fourth-order valence-corrected chi connectivity index (χ4v) is 4.86. The molecule has 1 aromatic heterocycles. The highest BCUT2D eigenvalue weighted by molar-refractivity contribution is 7.99. The largest absolute Gasteiger partial charge is 0.454 e. The summed E-state index contributed by atoms with van der Waals surface area (Å²) in [5.74, 6) is -1.21. The third-order valence-electron chi connectivity index (χ3n) is 5.85. The van der Waals surface area contributed by atoms with Gasteiger partial charge in [0.2, 0.25) is 0 Å². The summed E-state index contributed by atoms with van der Waals surface area (Å²) in [6.07, 6.45) is 2.96. The van der Waals surface area contributed by atoms with Gasteiger partial charge in [-0.05, 0) is 35.5 Å². The topological polar surface area (TPSA) is 120 Å². The zero-order valence-corrected chi connectivity index (χ0v) is 20.4. The molecule has 180 valence electrons. The van der Waals surface area contributed by atoms with E-state index in [0.29, 0.717) is 10.1 Å². The maximum atomic E-state index is 12.7. The molecule has 1 aliphatic rings. The summed E-state index contributed by atoms with van der Waals surface area (Å²) in [6, 6.07) is 11.9. The van der Waals surface area contributed by atoms with Crippen LogP contribution < -0.4 is 4.90 Å². The van der Waals surface area contributed by atoms with Crippen LogP contribution in [0.4, 0.5) is 11.4 Å². The molecule has 0 saturated carbocycles. The number of ether oxygens (including phenoxy) is 1. The second-order valence-corrected chi connectivity index (χ2v) is 9.55. The highest BCUT2D eigenvalue weighted by Crippen LogP contribution is 2.46. The Balaban J connectivity index is 1.47. The number of nitrogens with zero attached hydrogens (tertiary/aromatic N) is 5. The number of aryl methyl sites for hydroxylation is 1. The second-order valence-electron chi connectivity index (χ2n) is 8.54. The smallest absolute Gasteiger partial charge is 0.338 e. The van der Waals surface area contributed by atoms with E-state index in [1.807, 2.05) is 50.1 Å². The van der Waals surface area contributed by atoms with Crippen molar-refractivity contribution in [3.63, 3.8) is 0 Å². The molecular weight excluding hydrogens is 470 g/mol. The van der Waals surface area contributed by atoms with Crippen LogP contribution in [0.25, 0.3) is 0 Å². The third kappa shape index (κ3) is 4.67. The minimum Gasteiger partial charge on any atom is -0.454 e. The van der Waals surface area contributed by atoms with Gasteiger partial charge in [0.05, 0.1) is 15.4 Å². The Bertz CT molecular complexity index is 1360. The van der Waals surface area contributed by atoms with Crippen molar-refractivity contribution in [3.8, 4) is 0 Å². The van der Waals surface area contributed by atoms with Crippen LogP contribution in [0.2, 0.25) is 0 Å². The summed E-state index contributed by atoms with van der Waals surface area (Å²) in [5, 5.41) is 19.7. The molecule has 10 nitrogen and oxygen atoms in total. The van der Waals surface area contributed by atoms with E-state index in [-0.39, 0.29) is 22.4 Å². The molecule has 0 N–H and O–H groups in total. The van der Waals surface area contributed by atoms with E-state index in [9.17, 15) is 19.7 Å². The number of likely N-dealkylation sites (N-methyl/N-ethyl adjacent to an activating group) is 1. The number of nitro benzene ring substituents is 1. The lowest BCUT2D eigenvalue weighted by molar-refractivity contribution is -0.387. The Morgan fingerprint density at radius 3 is 2.60 bits per heavy atom. The standard InChI is InChI=1S/C24H23N5O5S/c1-24(2)17-7-5-6-8-18(17)28(4)21(24)12-16(30)13-34-22(31)15-9-10-20(19(11-15)29(32)33)35-23-26-25-14-27(23)3/h5-12,14H,13H2,1-4H3. The third-order valence-corrected chi connectivity index (χ3v) is 6.96. The predicted molar refractivity (Wildman–Crippen MR) is 129 cm³/mol. The monoisotopic (exact) mass is 493 g/mol. The van der Waals surface area contributed by atoms with Crippen LogP contribution in [0.3, 0.4) is 0 Å². The van der Waals surface area contributed by atoms with Gasteiger partial charge in [-0.15, -0.1) is 10.2 Å². The maximum absolute atomic E-state index is 12.7. The van der Waals surface area contributed by atoms with Gasteiger partial charge in [-0.1, -0.05) is 32.0 Å². The molecule has 0 aliphatic carbocycles. The number of hydrogen-bond acceptors (Lipinski definition) is 9. The van der Waals surface area contributed by atoms with Crippen molar-refractivity contribution in [3.05, 3.63) is 81.8 Å².